The monoisotopic (exact) mass is 778 g/mol. The van der Waals surface area contributed by atoms with Gasteiger partial charge in [-0.05, 0) is 84.0 Å². The van der Waals surface area contributed by atoms with Crippen molar-refractivity contribution in [2.45, 2.75) is 29.8 Å². The third-order valence-electron chi connectivity index (χ3n) is 9.92. The summed E-state index contributed by atoms with van der Waals surface area (Å²) >= 11 is 6.11. The first-order valence-corrected chi connectivity index (χ1v) is 19.5. The highest BCUT2D eigenvalue weighted by atomic mass is 35.5. The quantitative estimate of drug-likeness (QED) is 0.148. The van der Waals surface area contributed by atoms with E-state index in [1.807, 2.05) is 42.5 Å². The number of carbonyl (C=O) groups excluding carboxylic acids is 1. The minimum absolute atomic E-state index is 0.0458. The number of hydrogen-bond donors (Lipinski definition) is 2. The summed E-state index contributed by atoms with van der Waals surface area (Å²) in [5, 5.41) is 6.20. The number of piperazine rings is 1. The third-order valence-corrected chi connectivity index (χ3v) is 11.7. The first kappa shape index (κ1) is 37.6. The van der Waals surface area contributed by atoms with E-state index >= 15 is 0 Å². The molecule has 2 fully saturated rings. The highest BCUT2D eigenvalue weighted by molar-refractivity contribution is 7.92. The number of hydrogen-bond acceptors (Lipinski definition) is 9. The Hall–Kier alpha value is -4.76. The van der Waals surface area contributed by atoms with Crippen LogP contribution in [0.5, 0.6) is 0 Å². The van der Waals surface area contributed by atoms with E-state index in [1.54, 1.807) is 12.1 Å². The van der Waals surface area contributed by atoms with Crippen molar-refractivity contribution in [1.29, 1.82) is 0 Å². The fourth-order valence-electron chi connectivity index (χ4n) is 6.91. The topological polar surface area (TPSA) is 117 Å². The molecule has 4 aromatic carbocycles. The van der Waals surface area contributed by atoms with Gasteiger partial charge in [-0.3, -0.25) is 9.69 Å². The van der Waals surface area contributed by atoms with E-state index < -0.39 is 31.7 Å². The van der Waals surface area contributed by atoms with E-state index in [4.69, 9.17) is 16.3 Å². The molecule has 15 heteroatoms. The molecule has 0 aliphatic carbocycles. The number of aromatic nitrogens is 2. The number of alkyl halides is 3. The molecule has 3 heterocycles. The van der Waals surface area contributed by atoms with Gasteiger partial charge in [-0.15, -0.1) is 0 Å². The fourth-order valence-corrected chi connectivity index (χ4v) is 8.12. The lowest BCUT2D eigenvalue weighted by Gasteiger charge is -2.36. The van der Waals surface area contributed by atoms with Crippen LogP contribution in [-0.4, -0.2) is 80.6 Å². The molecule has 0 atom stereocenters. The molecule has 2 saturated heterocycles. The normalized spacial score (nSPS) is 16.0. The highest BCUT2D eigenvalue weighted by Crippen LogP contribution is 2.40. The van der Waals surface area contributed by atoms with Crippen LogP contribution in [0.3, 0.4) is 0 Å². The minimum atomic E-state index is -5.84. The molecule has 0 radical (unpaired) electrons. The number of carbonyl (C=O) groups is 1. The Labute approximate surface area is 316 Å². The largest absolute Gasteiger partial charge is 0.502 e. The molecule has 0 bridgehead atoms. The maximum absolute atomic E-state index is 14.0. The van der Waals surface area contributed by atoms with E-state index in [1.165, 1.54) is 23.3 Å². The first-order chi connectivity index (χ1) is 26.0. The molecule has 0 unspecified atom stereocenters. The van der Waals surface area contributed by atoms with Gasteiger partial charge in [-0.1, -0.05) is 48.0 Å². The van der Waals surface area contributed by atoms with Crippen LogP contribution >= 0.6 is 11.6 Å². The van der Waals surface area contributed by atoms with Crippen molar-refractivity contribution in [3.8, 4) is 11.1 Å². The fraction of sp³-hybridized carbons (Fsp3) is 0.308. The van der Waals surface area contributed by atoms with Crippen LogP contribution < -0.4 is 15.5 Å². The number of nitrogens with zero attached hydrogens (tertiary/aromatic N) is 4. The Morgan fingerprint density at radius 2 is 1.59 bits per heavy atom. The van der Waals surface area contributed by atoms with Gasteiger partial charge < -0.3 is 20.3 Å². The first-order valence-electron chi connectivity index (χ1n) is 17.6. The second-order valence-corrected chi connectivity index (χ2v) is 15.7. The molecule has 282 valence electrons. The number of anilines is 3. The predicted molar refractivity (Wildman–Crippen MR) is 204 cm³/mol. The van der Waals surface area contributed by atoms with Gasteiger partial charge in [0.1, 0.15) is 17.0 Å². The summed E-state index contributed by atoms with van der Waals surface area (Å²) < 4.78 is 73.0. The Morgan fingerprint density at radius 1 is 0.889 bits per heavy atom. The third kappa shape index (κ3) is 8.16. The van der Waals surface area contributed by atoms with E-state index in [9.17, 15) is 26.4 Å². The van der Waals surface area contributed by atoms with E-state index in [-0.39, 0.29) is 29.4 Å². The van der Waals surface area contributed by atoms with Gasteiger partial charge in [0, 0.05) is 74.1 Å². The van der Waals surface area contributed by atoms with Gasteiger partial charge in [0.15, 0.2) is 0 Å². The lowest BCUT2D eigenvalue weighted by atomic mass is 9.99. The predicted octanol–water partition coefficient (Wildman–Crippen LogP) is 7.66. The molecule has 2 aliphatic heterocycles. The summed E-state index contributed by atoms with van der Waals surface area (Å²) in [7, 11) is -5.84. The van der Waals surface area contributed by atoms with Crippen molar-refractivity contribution in [2.24, 2.45) is 5.92 Å². The summed E-state index contributed by atoms with van der Waals surface area (Å²) in [6, 6.07) is 25.9. The number of sulfone groups is 1. The molecular formula is C39H38ClF3N6O4S. The number of halogens is 4. The second-order valence-electron chi connectivity index (χ2n) is 13.4. The van der Waals surface area contributed by atoms with Crippen molar-refractivity contribution in [2.75, 3.05) is 61.5 Å². The van der Waals surface area contributed by atoms with Crippen molar-refractivity contribution in [3.63, 3.8) is 0 Å². The lowest BCUT2D eigenvalue weighted by Crippen LogP contribution is -2.46. The number of fused-ring (bicyclic) bond motifs is 1. The zero-order chi connectivity index (χ0) is 37.9. The average molecular weight is 779 g/mol. The molecule has 2 N–H and O–H groups in total. The van der Waals surface area contributed by atoms with E-state index in [2.05, 4.69) is 48.6 Å². The van der Waals surface area contributed by atoms with Crippen molar-refractivity contribution < 1.29 is 31.1 Å². The van der Waals surface area contributed by atoms with Crippen LogP contribution in [0, 0.1) is 5.92 Å². The Kier molecular flexibility index (Phi) is 11.1. The van der Waals surface area contributed by atoms with Crippen LogP contribution in [0.1, 0.15) is 28.8 Å². The number of rotatable bonds is 10. The molecule has 2 aliphatic rings. The van der Waals surface area contributed by atoms with Gasteiger partial charge >= 0.3 is 5.51 Å². The van der Waals surface area contributed by atoms with Crippen molar-refractivity contribution in [1.82, 2.24) is 14.9 Å². The summed E-state index contributed by atoms with van der Waals surface area (Å²) in [5.41, 5.74) is -1.48. The molecule has 1 amide bonds. The summed E-state index contributed by atoms with van der Waals surface area (Å²) in [4.78, 5) is 25.1. The highest BCUT2D eigenvalue weighted by Gasteiger charge is 2.49. The molecule has 0 spiro atoms. The lowest BCUT2D eigenvalue weighted by molar-refractivity contribution is -0.0435. The van der Waals surface area contributed by atoms with Gasteiger partial charge in [0.25, 0.3) is 15.7 Å². The standard InChI is InChI=1S/C39H38ClF3N6O4S/c40-30-9-5-27(6-10-30)32-4-2-1-3-29(32)24-48-17-19-49(20-18-48)31-11-7-28(8-12-31)38(50)47-37-33-13-14-34(44-23-26-15-21-53-22-16-26)36(35(33)45-25-46-37)54(51,52)39(41,42)43/h1-14,25-26,44H,15-24H2,(H,45,46,47,50). The zero-order valence-electron chi connectivity index (χ0n) is 29.2. The molecular weight excluding hydrogens is 741 g/mol. The summed E-state index contributed by atoms with van der Waals surface area (Å²) in [6.07, 6.45) is 2.33. The molecule has 0 saturated carbocycles. The SMILES string of the molecule is O=C(Nc1ncnc2c(S(=O)(=O)C(F)(F)F)c(NCC3CCOCC3)ccc12)c1ccc(N2CCN(Cc3ccccc3-c3ccc(Cl)cc3)CC2)cc1. The Balaban J connectivity index is 1.03. The molecule has 5 aromatic rings. The Bertz CT molecular complexity index is 2230. The number of nitrogens with one attached hydrogen (secondary N) is 2. The molecule has 10 nitrogen and oxygen atoms in total. The van der Waals surface area contributed by atoms with Crippen molar-refractivity contribution >= 4 is 55.4 Å². The number of benzene rings is 4. The van der Waals surface area contributed by atoms with E-state index in [0.717, 1.165) is 50.3 Å². The number of ether oxygens (including phenoxy) is 1. The second kappa shape index (κ2) is 15.9. The molecule has 1 aromatic heterocycles. The van der Waals surface area contributed by atoms with Gasteiger partial charge in [-0.25, -0.2) is 18.4 Å². The van der Waals surface area contributed by atoms with Gasteiger partial charge in [0.05, 0.1) is 11.2 Å². The van der Waals surface area contributed by atoms with Crippen LogP contribution in [0.15, 0.2) is 96.2 Å². The number of amides is 1. The molecule has 54 heavy (non-hydrogen) atoms. The zero-order valence-corrected chi connectivity index (χ0v) is 30.7. The van der Waals surface area contributed by atoms with Crippen LogP contribution in [0.2, 0.25) is 5.02 Å². The minimum Gasteiger partial charge on any atom is -0.384 e. The Morgan fingerprint density at radius 3 is 2.30 bits per heavy atom. The van der Waals surface area contributed by atoms with E-state index in [0.29, 0.717) is 36.6 Å². The summed E-state index contributed by atoms with van der Waals surface area (Å²) in [5.74, 6) is -0.577. The maximum Gasteiger partial charge on any atom is 0.502 e. The smallest absolute Gasteiger partial charge is 0.384 e. The van der Waals surface area contributed by atoms with Crippen LogP contribution in [0.25, 0.3) is 22.0 Å². The van der Waals surface area contributed by atoms with Crippen LogP contribution in [0.4, 0.5) is 30.4 Å². The van der Waals surface area contributed by atoms with Gasteiger partial charge in [-0.2, -0.15) is 13.2 Å². The molecule has 7 rings (SSSR count). The van der Waals surface area contributed by atoms with Gasteiger partial charge in [0.2, 0.25) is 0 Å². The van der Waals surface area contributed by atoms with Crippen molar-refractivity contribution in [3.05, 3.63) is 107 Å². The summed E-state index contributed by atoms with van der Waals surface area (Å²) in [6.45, 7) is 5.38. The average Bonchev–Trinajstić information content (AvgIpc) is 3.18. The van der Waals surface area contributed by atoms with Crippen LogP contribution in [-0.2, 0) is 21.1 Å². The maximum atomic E-state index is 14.0.